The number of aromatic nitrogens is 4. The Kier molecular flexibility index (Phi) is 4.96. The fourth-order valence-electron chi connectivity index (χ4n) is 2.94. The maximum atomic E-state index is 13.7. The quantitative estimate of drug-likeness (QED) is 0.399. The van der Waals surface area contributed by atoms with E-state index in [1.54, 1.807) is 18.2 Å². The van der Waals surface area contributed by atoms with E-state index in [1.807, 2.05) is 6.07 Å². The lowest BCUT2D eigenvalue weighted by Gasteiger charge is -2.13. The lowest BCUT2D eigenvalue weighted by molar-refractivity contribution is 0.511. The van der Waals surface area contributed by atoms with Crippen molar-refractivity contribution in [3.8, 4) is 11.8 Å². The average Bonchev–Trinajstić information content (AvgIpc) is 2.75. The van der Waals surface area contributed by atoms with Crippen molar-refractivity contribution >= 4 is 34.3 Å². The number of nitrogens with zero attached hydrogens (tertiary/aromatic N) is 5. The summed E-state index contributed by atoms with van der Waals surface area (Å²) in [6.07, 6.45) is 4.06. The summed E-state index contributed by atoms with van der Waals surface area (Å²) in [5, 5.41) is 19.9. The van der Waals surface area contributed by atoms with Crippen LogP contribution < -0.4 is 5.56 Å². The van der Waals surface area contributed by atoms with Crippen LogP contribution in [0, 0.1) is 17.1 Å². The summed E-state index contributed by atoms with van der Waals surface area (Å²) in [6, 6.07) is 11.7. The molecule has 0 aliphatic carbocycles. The van der Waals surface area contributed by atoms with Gasteiger partial charge in [0.1, 0.15) is 29.2 Å². The zero-order valence-electron chi connectivity index (χ0n) is 15.1. The smallest absolute Gasteiger partial charge is 0.266 e. The molecule has 3 heterocycles. The van der Waals surface area contributed by atoms with Crippen molar-refractivity contribution in [1.29, 1.82) is 5.26 Å². The van der Waals surface area contributed by atoms with Crippen LogP contribution in [0.2, 0.25) is 5.15 Å². The van der Waals surface area contributed by atoms with Crippen LogP contribution in [0.1, 0.15) is 17.1 Å². The molecule has 7 nitrogen and oxygen atoms in total. The molecule has 0 fully saturated rings. The maximum Gasteiger partial charge on any atom is 0.266 e. The number of rotatable bonds is 3. The molecule has 1 aromatic carbocycles. The van der Waals surface area contributed by atoms with Crippen LogP contribution in [-0.2, 0) is 0 Å². The maximum absolute atomic E-state index is 13.7. The van der Waals surface area contributed by atoms with Gasteiger partial charge < -0.3 is 5.11 Å². The summed E-state index contributed by atoms with van der Waals surface area (Å²) in [6.45, 7) is 0. The fourth-order valence-corrected chi connectivity index (χ4v) is 3.14. The molecule has 0 radical (unpaired) electrons. The number of hydrogen-bond acceptors (Lipinski definition) is 6. The Morgan fingerprint density at radius 2 is 1.97 bits per heavy atom. The molecule has 0 bridgehead atoms. The third kappa shape index (κ3) is 3.38. The van der Waals surface area contributed by atoms with Gasteiger partial charge in [0.2, 0.25) is 0 Å². The third-order valence-corrected chi connectivity index (χ3v) is 4.56. The van der Waals surface area contributed by atoms with Crippen LogP contribution in [0.5, 0.6) is 0 Å². The number of aliphatic hydroxyl groups excluding tert-OH is 1. The Labute approximate surface area is 174 Å². The van der Waals surface area contributed by atoms with Gasteiger partial charge in [-0.25, -0.2) is 14.4 Å². The van der Waals surface area contributed by atoms with Crippen molar-refractivity contribution in [1.82, 2.24) is 19.5 Å². The molecule has 0 aliphatic heterocycles. The topological polar surface area (TPSA) is 105 Å². The second-order valence-corrected chi connectivity index (χ2v) is 6.48. The highest BCUT2D eigenvalue weighted by Crippen LogP contribution is 2.22. The number of nitriles is 1. The van der Waals surface area contributed by atoms with Gasteiger partial charge in [0, 0.05) is 18.5 Å². The van der Waals surface area contributed by atoms with Crippen LogP contribution in [0.15, 0.2) is 59.7 Å². The van der Waals surface area contributed by atoms with Gasteiger partial charge >= 0.3 is 0 Å². The molecule has 0 saturated heterocycles. The second-order valence-electron chi connectivity index (χ2n) is 6.13. The Hall–Kier alpha value is -4.09. The van der Waals surface area contributed by atoms with Crippen molar-refractivity contribution in [2.75, 3.05) is 0 Å². The molecule has 0 amide bonds. The molecule has 3 aromatic heterocycles. The monoisotopic (exact) mass is 419 g/mol. The Balaban J connectivity index is 2.05. The van der Waals surface area contributed by atoms with Gasteiger partial charge in [-0.05, 0) is 42.5 Å². The van der Waals surface area contributed by atoms with Crippen LogP contribution >= 0.6 is 11.6 Å². The van der Waals surface area contributed by atoms with Crippen LogP contribution in [0.4, 0.5) is 4.39 Å². The predicted molar refractivity (Wildman–Crippen MR) is 110 cm³/mol. The fraction of sp³-hybridized carbons (Fsp3) is 0. The van der Waals surface area contributed by atoms with E-state index in [9.17, 15) is 19.6 Å². The molecule has 0 spiro atoms. The molecule has 4 rings (SSSR count). The molecule has 4 aromatic rings. The van der Waals surface area contributed by atoms with Crippen molar-refractivity contribution < 1.29 is 9.50 Å². The Bertz CT molecular complexity index is 1430. The van der Waals surface area contributed by atoms with Gasteiger partial charge in [-0.15, -0.1) is 0 Å². The normalized spacial score (nSPS) is 11.4. The van der Waals surface area contributed by atoms with E-state index in [-0.39, 0.29) is 44.6 Å². The molecule has 0 saturated carbocycles. The summed E-state index contributed by atoms with van der Waals surface area (Å²) in [4.78, 5) is 25.5. The highest BCUT2D eigenvalue weighted by Gasteiger charge is 2.17. The van der Waals surface area contributed by atoms with E-state index in [4.69, 9.17) is 11.6 Å². The molecule has 0 unspecified atom stereocenters. The minimum atomic E-state index is -0.602. The zero-order valence-corrected chi connectivity index (χ0v) is 15.9. The SMILES string of the molecule is N#Cc1cccnc1C(O)=Cc1nc2ccc(F)cc2c(=O)n1-c1cccnc1Cl. The second kappa shape index (κ2) is 7.73. The van der Waals surface area contributed by atoms with Crippen molar-refractivity contribution in [2.24, 2.45) is 0 Å². The van der Waals surface area contributed by atoms with Crippen molar-refractivity contribution in [3.05, 3.63) is 93.3 Å². The van der Waals surface area contributed by atoms with Gasteiger partial charge in [0.05, 0.1) is 22.2 Å². The number of aliphatic hydroxyl groups is 1. The molecular formula is C21H11ClFN5O2. The third-order valence-electron chi connectivity index (χ3n) is 4.27. The Morgan fingerprint density at radius 3 is 2.73 bits per heavy atom. The zero-order chi connectivity index (χ0) is 21.3. The number of benzene rings is 1. The summed E-state index contributed by atoms with van der Waals surface area (Å²) >= 11 is 6.18. The number of pyridine rings is 2. The number of halogens is 2. The van der Waals surface area contributed by atoms with Gasteiger partial charge in [0.15, 0.2) is 5.15 Å². The first kappa shape index (κ1) is 19.2. The lowest BCUT2D eigenvalue weighted by atomic mass is 10.1. The van der Waals surface area contributed by atoms with Crippen molar-refractivity contribution in [2.45, 2.75) is 0 Å². The summed E-state index contributed by atoms with van der Waals surface area (Å²) in [5.74, 6) is -0.973. The first-order valence-corrected chi connectivity index (χ1v) is 8.96. The Morgan fingerprint density at radius 1 is 1.20 bits per heavy atom. The minimum Gasteiger partial charge on any atom is -0.505 e. The first-order chi connectivity index (χ1) is 14.5. The minimum absolute atomic E-state index is 0.000973. The van der Waals surface area contributed by atoms with E-state index in [1.165, 1.54) is 36.7 Å². The van der Waals surface area contributed by atoms with Crippen LogP contribution in [0.25, 0.3) is 28.4 Å². The first-order valence-electron chi connectivity index (χ1n) is 8.59. The van der Waals surface area contributed by atoms with Gasteiger partial charge in [-0.1, -0.05) is 11.6 Å². The van der Waals surface area contributed by atoms with E-state index in [0.29, 0.717) is 0 Å². The van der Waals surface area contributed by atoms with E-state index in [2.05, 4.69) is 15.0 Å². The van der Waals surface area contributed by atoms with Crippen LogP contribution in [-0.4, -0.2) is 24.6 Å². The number of fused-ring (bicyclic) bond motifs is 1. The van der Waals surface area contributed by atoms with Gasteiger partial charge in [-0.2, -0.15) is 5.26 Å². The molecule has 0 atom stereocenters. The van der Waals surface area contributed by atoms with E-state index in [0.717, 1.165) is 10.6 Å². The summed E-state index contributed by atoms with van der Waals surface area (Å²) in [5.41, 5.74) is -0.0173. The lowest BCUT2D eigenvalue weighted by Crippen LogP contribution is -2.23. The molecule has 9 heteroatoms. The van der Waals surface area contributed by atoms with Gasteiger partial charge in [0.25, 0.3) is 5.56 Å². The standard InChI is InChI=1S/C21H11ClFN5O2/c22-20-16(4-2-8-26-20)28-18(10-17(29)19-12(11-24)3-1-7-25-19)27-15-6-5-13(23)9-14(15)21(28)30/h1-10,29H. The average molecular weight is 420 g/mol. The molecule has 1 N–H and O–H groups in total. The predicted octanol–water partition coefficient (Wildman–Crippen LogP) is 3.90. The molecular weight excluding hydrogens is 409 g/mol. The molecule has 146 valence electrons. The largest absolute Gasteiger partial charge is 0.505 e. The highest BCUT2D eigenvalue weighted by atomic mass is 35.5. The molecule has 0 aliphatic rings. The van der Waals surface area contributed by atoms with E-state index >= 15 is 0 Å². The van der Waals surface area contributed by atoms with Gasteiger partial charge in [-0.3, -0.25) is 14.3 Å². The highest BCUT2D eigenvalue weighted by molar-refractivity contribution is 6.31. The van der Waals surface area contributed by atoms with Crippen LogP contribution in [0.3, 0.4) is 0 Å². The number of hydrogen-bond donors (Lipinski definition) is 1. The summed E-state index contributed by atoms with van der Waals surface area (Å²) < 4.78 is 14.9. The summed E-state index contributed by atoms with van der Waals surface area (Å²) in [7, 11) is 0. The van der Waals surface area contributed by atoms with Crippen molar-refractivity contribution in [3.63, 3.8) is 0 Å². The van der Waals surface area contributed by atoms with E-state index < -0.39 is 11.4 Å². The molecule has 30 heavy (non-hydrogen) atoms.